The highest BCUT2D eigenvalue weighted by atomic mass is 16.5. The van der Waals surface area contributed by atoms with Crippen LogP contribution in [0.15, 0.2) is 88.5 Å². The van der Waals surface area contributed by atoms with Gasteiger partial charge in [0.15, 0.2) is 0 Å². The second kappa shape index (κ2) is 10.2. The fraction of sp³-hybridized carbons (Fsp3) is 0.185. The highest BCUT2D eigenvalue weighted by Gasteiger charge is 2.23. The Bertz CT molecular complexity index is 1460. The molecule has 0 fully saturated rings. The number of carbonyl (C=O) groups is 1. The molecular weight excluding hydrogens is 444 g/mol. The molecule has 0 saturated carbocycles. The van der Waals surface area contributed by atoms with E-state index in [1.165, 1.54) is 4.90 Å². The first-order chi connectivity index (χ1) is 16.9. The Labute approximate surface area is 202 Å². The zero-order valence-corrected chi connectivity index (χ0v) is 19.8. The van der Waals surface area contributed by atoms with E-state index in [4.69, 9.17) is 4.74 Å². The van der Waals surface area contributed by atoms with Crippen LogP contribution in [0.2, 0.25) is 0 Å². The monoisotopic (exact) mass is 470 g/mol. The first-order valence-corrected chi connectivity index (χ1v) is 11.1. The molecule has 0 bridgehead atoms. The van der Waals surface area contributed by atoms with Gasteiger partial charge in [-0.2, -0.15) is 9.78 Å². The minimum absolute atomic E-state index is 0.0146. The Morgan fingerprint density at radius 3 is 2.29 bits per heavy atom. The summed E-state index contributed by atoms with van der Waals surface area (Å²) < 4.78 is 7.33. The largest absolute Gasteiger partial charge is 0.497 e. The van der Waals surface area contributed by atoms with E-state index in [-0.39, 0.29) is 12.2 Å². The van der Waals surface area contributed by atoms with Crippen molar-refractivity contribution >= 4 is 5.91 Å². The van der Waals surface area contributed by atoms with Crippen LogP contribution >= 0.6 is 0 Å². The predicted molar refractivity (Wildman–Crippen MR) is 133 cm³/mol. The van der Waals surface area contributed by atoms with Gasteiger partial charge < -0.3 is 9.64 Å². The van der Waals surface area contributed by atoms with Crippen LogP contribution in [0.4, 0.5) is 0 Å². The van der Waals surface area contributed by atoms with Crippen molar-refractivity contribution in [3.63, 3.8) is 0 Å². The summed E-state index contributed by atoms with van der Waals surface area (Å²) >= 11 is 0. The average Bonchev–Trinajstić information content (AvgIpc) is 2.87. The Kier molecular flexibility index (Phi) is 6.91. The molecule has 4 rings (SSSR count). The van der Waals surface area contributed by atoms with Crippen molar-refractivity contribution in [1.29, 1.82) is 0 Å². The number of benzene rings is 3. The molecule has 1 aromatic heterocycles. The van der Waals surface area contributed by atoms with Gasteiger partial charge in [0, 0.05) is 13.6 Å². The fourth-order valence-corrected chi connectivity index (χ4v) is 3.78. The third-order valence-electron chi connectivity index (χ3n) is 5.61. The van der Waals surface area contributed by atoms with Crippen LogP contribution in [0.1, 0.15) is 27.2 Å². The lowest BCUT2D eigenvalue weighted by Gasteiger charge is -2.18. The zero-order chi connectivity index (χ0) is 24.9. The highest BCUT2D eigenvalue weighted by Crippen LogP contribution is 2.13. The lowest BCUT2D eigenvalue weighted by Crippen LogP contribution is -2.46. The number of hydrogen-bond donors (Lipinski definition) is 0. The first-order valence-electron chi connectivity index (χ1n) is 11.1. The van der Waals surface area contributed by atoms with Crippen LogP contribution in [-0.4, -0.2) is 39.3 Å². The molecule has 0 radical (unpaired) electrons. The number of ether oxygens (including phenoxy) is 1. The third kappa shape index (κ3) is 5.22. The zero-order valence-electron chi connectivity index (χ0n) is 19.8. The topological polar surface area (TPSA) is 86.4 Å². The summed E-state index contributed by atoms with van der Waals surface area (Å²) in [6, 6.07) is 23.6. The van der Waals surface area contributed by atoms with Crippen molar-refractivity contribution in [2.75, 3.05) is 14.2 Å². The molecule has 0 atom stereocenters. The van der Waals surface area contributed by atoms with Crippen molar-refractivity contribution in [3.8, 4) is 11.4 Å². The van der Waals surface area contributed by atoms with Gasteiger partial charge in [-0.05, 0) is 42.3 Å². The average molecular weight is 471 g/mol. The fourth-order valence-electron chi connectivity index (χ4n) is 3.78. The molecule has 8 nitrogen and oxygen atoms in total. The molecule has 4 aromatic rings. The molecule has 0 spiro atoms. The second-order valence-corrected chi connectivity index (χ2v) is 8.27. The van der Waals surface area contributed by atoms with Gasteiger partial charge in [0.25, 0.3) is 11.5 Å². The molecule has 0 saturated heterocycles. The maximum absolute atomic E-state index is 13.4. The third-order valence-corrected chi connectivity index (χ3v) is 5.61. The molecule has 1 amide bonds. The Morgan fingerprint density at radius 1 is 0.943 bits per heavy atom. The number of aryl methyl sites for hydroxylation is 1. The lowest BCUT2D eigenvalue weighted by molar-refractivity contribution is 0.0773. The van der Waals surface area contributed by atoms with E-state index >= 15 is 0 Å². The highest BCUT2D eigenvalue weighted by molar-refractivity contribution is 5.91. The van der Waals surface area contributed by atoms with E-state index in [9.17, 15) is 14.4 Å². The smallest absolute Gasteiger partial charge is 0.352 e. The van der Waals surface area contributed by atoms with E-state index in [1.54, 1.807) is 38.4 Å². The number of nitrogens with zero attached hydrogens (tertiary/aromatic N) is 4. The number of carbonyl (C=O) groups excluding carboxylic acids is 1. The van der Waals surface area contributed by atoms with Gasteiger partial charge in [-0.25, -0.2) is 4.79 Å². The normalized spacial score (nSPS) is 10.7. The SMILES string of the molecule is COc1ccc(-n2nc(C(=O)N(C)Cc3ccccc3)c(=O)n(Cc3cccc(C)c3)c2=O)cc1. The van der Waals surface area contributed by atoms with Crippen molar-refractivity contribution < 1.29 is 9.53 Å². The molecule has 0 unspecified atom stereocenters. The minimum Gasteiger partial charge on any atom is -0.497 e. The standard InChI is InChI=1S/C27H26N4O4/c1-19-8-7-11-21(16-19)18-30-26(33)24(25(32)29(2)17-20-9-5-4-6-10-20)28-31(27(30)34)22-12-14-23(35-3)15-13-22/h4-16H,17-18H2,1-3H3. The van der Waals surface area contributed by atoms with Crippen molar-refractivity contribution in [1.82, 2.24) is 19.2 Å². The molecule has 178 valence electrons. The number of rotatable bonds is 7. The molecular formula is C27H26N4O4. The van der Waals surface area contributed by atoms with Gasteiger partial charge in [-0.1, -0.05) is 60.2 Å². The minimum atomic E-state index is -0.730. The second-order valence-electron chi connectivity index (χ2n) is 8.27. The number of aromatic nitrogens is 3. The van der Waals surface area contributed by atoms with E-state index < -0.39 is 17.2 Å². The van der Waals surface area contributed by atoms with Crippen molar-refractivity contribution in [2.45, 2.75) is 20.0 Å². The van der Waals surface area contributed by atoms with Gasteiger partial charge in [0.1, 0.15) is 5.75 Å². The maximum Gasteiger partial charge on any atom is 0.352 e. The summed E-state index contributed by atoms with van der Waals surface area (Å²) in [6.07, 6.45) is 0. The Balaban J connectivity index is 1.82. The molecule has 3 aromatic carbocycles. The molecule has 0 N–H and O–H groups in total. The van der Waals surface area contributed by atoms with E-state index in [0.29, 0.717) is 18.0 Å². The first kappa shape index (κ1) is 23.7. The maximum atomic E-state index is 13.4. The van der Waals surface area contributed by atoms with Crippen LogP contribution in [0, 0.1) is 6.92 Å². The van der Waals surface area contributed by atoms with Gasteiger partial charge in [-0.3, -0.25) is 14.2 Å². The number of hydrogen-bond acceptors (Lipinski definition) is 5. The summed E-state index contributed by atoms with van der Waals surface area (Å²) in [4.78, 5) is 41.5. The molecule has 0 aliphatic carbocycles. The van der Waals surface area contributed by atoms with Crippen LogP contribution in [0.25, 0.3) is 5.69 Å². The Hall–Kier alpha value is -4.46. The van der Waals surface area contributed by atoms with Crippen LogP contribution in [-0.2, 0) is 13.1 Å². The number of methoxy groups -OCH3 is 1. The molecule has 0 aliphatic rings. The Morgan fingerprint density at radius 2 is 1.63 bits per heavy atom. The summed E-state index contributed by atoms with van der Waals surface area (Å²) in [5.41, 5.74) is 1.40. The molecule has 1 heterocycles. The molecule has 0 aliphatic heterocycles. The summed E-state index contributed by atoms with van der Waals surface area (Å²) in [5.74, 6) is 0.0351. The van der Waals surface area contributed by atoms with E-state index in [2.05, 4.69) is 5.10 Å². The summed E-state index contributed by atoms with van der Waals surface area (Å²) in [7, 11) is 3.14. The lowest BCUT2D eigenvalue weighted by atomic mass is 10.1. The van der Waals surface area contributed by atoms with Crippen LogP contribution in [0.3, 0.4) is 0 Å². The van der Waals surface area contributed by atoms with Crippen molar-refractivity contribution in [3.05, 3.63) is 122 Å². The van der Waals surface area contributed by atoms with Gasteiger partial charge in [-0.15, -0.1) is 0 Å². The van der Waals surface area contributed by atoms with Gasteiger partial charge in [0.05, 0.1) is 19.3 Å². The quantitative estimate of drug-likeness (QED) is 0.414. The van der Waals surface area contributed by atoms with Crippen molar-refractivity contribution in [2.24, 2.45) is 0 Å². The molecule has 35 heavy (non-hydrogen) atoms. The van der Waals surface area contributed by atoms with Crippen LogP contribution in [0.5, 0.6) is 5.75 Å². The van der Waals surface area contributed by atoms with E-state index in [0.717, 1.165) is 25.9 Å². The number of amides is 1. The summed E-state index contributed by atoms with van der Waals surface area (Å²) in [5, 5.41) is 4.22. The predicted octanol–water partition coefficient (Wildman–Crippen LogP) is 3.03. The van der Waals surface area contributed by atoms with Gasteiger partial charge >= 0.3 is 5.69 Å². The van der Waals surface area contributed by atoms with E-state index in [1.807, 2.05) is 61.5 Å². The summed E-state index contributed by atoms with van der Waals surface area (Å²) in [6.45, 7) is 2.24. The van der Waals surface area contributed by atoms with Gasteiger partial charge in [0.2, 0.25) is 5.69 Å². The van der Waals surface area contributed by atoms with Crippen LogP contribution < -0.4 is 16.0 Å². The molecule has 8 heteroatoms.